The topological polar surface area (TPSA) is 12.0 Å². The molecule has 1 saturated carbocycles. The zero-order valence-corrected chi connectivity index (χ0v) is 13.5. The van der Waals surface area contributed by atoms with Gasteiger partial charge in [0, 0.05) is 0 Å². The van der Waals surface area contributed by atoms with Gasteiger partial charge in [-0.25, -0.2) is 0 Å². The molecule has 0 heterocycles. The van der Waals surface area contributed by atoms with E-state index in [-0.39, 0.29) is 0 Å². The van der Waals surface area contributed by atoms with E-state index in [1.165, 1.54) is 44.2 Å². The van der Waals surface area contributed by atoms with E-state index >= 15 is 0 Å². The van der Waals surface area contributed by atoms with Gasteiger partial charge in [-0.05, 0) is 61.2 Å². The van der Waals surface area contributed by atoms with Crippen molar-refractivity contribution in [1.29, 1.82) is 0 Å². The standard InChI is InChI=1S/C19H31N/c1-4-6-16-9-11-17(12-10-16)19-8-5-7-18(19)14-20-13-15(2)3/h9-12,15,18-20H,4-8,13-14H2,1-3H3. The third kappa shape index (κ3) is 4.34. The van der Waals surface area contributed by atoms with Crippen molar-refractivity contribution in [2.24, 2.45) is 11.8 Å². The van der Waals surface area contributed by atoms with Gasteiger partial charge in [-0.1, -0.05) is 57.9 Å². The van der Waals surface area contributed by atoms with Crippen molar-refractivity contribution >= 4 is 0 Å². The Kier molecular flexibility index (Phi) is 6.09. The summed E-state index contributed by atoms with van der Waals surface area (Å²) in [6.07, 6.45) is 6.62. The highest BCUT2D eigenvalue weighted by Gasteiger charge is 2.28. The van der Waals surface area contributed by atoms with Gasteiger partial charge < -0.3 is 5.32 Å². The second-order valence-electron chi connectivity index (χ2n) is 6.84. The van der Waals surface area contributed by atoms with Gasteiger partial charge in [0.05, 0.1) is 0 Å². The summed E-state index contributed by atoms with van der Waals surface area (Å²) < 4.78 is 0. The largest absolute Gasteiger partial charge is 0.316 e. The maximum Gasteiger partial charge on any atom is -0.00146 e. The van der Waals surface area contributed by atoms with Crippen LogP contribution in [0.3, 0.4) is 0 Å². The summed E-state index contributed by atoms with van der Waals surface area (Å²) in [5.41, 5.74) is 3.06. The highest BCUT2D eigenvalue weighted by Crippen LogP contribution is 2.39. The van der Waals surface area contributed by atoms with E-state index in [1.54, 1.807) is 5.56 Å². The Morgan fingerprint density at radius 3 is 2.55 bits per heavy atom. The van der Waals surface area contributed by atoms with Crippen molar-refractivity contribution in [1.82, 2.24) is 5.32 Å². The van der Waals surface area contributed by atoms with Crippen molar-refractivity contribution in [2.45, 2.75) is 58.8 Å². The average Bonchev–Trinajstić information content (AvgIpc) is 2.88. The molecule has 112 valence electrons. The predicted octanol–water partition coefficient (Wildman–Crippen LogP) is 4.77. The molecule has 0 spiro atoms. The van der Waals surface area contributed by atoms with Crippen molar-refractivity contribution in [2.75, 3.05) is 13.1 Å². The molecule has 0 aliphatic heterocycles. The van der Waals surface area contributed by atoms with E-state index in [0.29, 0.717) is 0 Å². The van der Waals surface area contributed by atoms with Crippen LogP contribution in [0.2, 0.25) is 0 Å². The highest BCUT2D eigenvalue weighted by atomic mass is 14.9. The molecule has 1 aromatic rings. The number of aryl methyl sites for hydroxylation is 1. The predicted molar refractivity (Wildman–Crippen MR) is 88.2 cm³/mol. The molecular weight excluding hydrogens is 242 g/mol. The minimum absolute atomic E-state index is 0.753. The van der Waals surface area contributed by atoms with Crippen LogP contribution in [-0.2, 0) is 6.42 Å². The van der Waals surface area contributed by atoms with Crippen LogP contribution in [0.5, 0.6) is 0 Å². The lowest BCUT2D eigenvalue weighted by Crippen LogP contribution is -2.27. The molecule has 1 aromatic carbocycles. The molecule has 1 aliphatic rings. The van der Waals surface area contributed by atoms with Crippen molar-refractivity contribution in [3.05, 3.63) is 35.4 Å². The van der Waals surface area contributed by atoms with Crippen LogP contribution in [0.4, 0.5) is 0 Å². The number of nitrogens with one attached hydrogen (secondary N) is 1. The summed E-state index contributed by atoms with van der Waals surface area (Å²) in [6.45, 7) is 9.16. The molecule has 2 unspecified atom stereocenters. The second kappa shape index (κ2) is 7.83. The first kappa shape index (κ1) is 15.6. The molecule has 20 heavy (non-hydrogen) atoms. The van der Waals surface area contributed by atoms with Crippen LogP contribution < -0.4 is 5.32 Å². The highest BCUT2D eigenvalue weighted by molar-refractivity contribution is 5.26. The Hall–Kier alpha value is -0.820. The molecule has 2 rings (SSSR count). The van der Waals surface area contributed by atoms with Gasteiger partial charge in [0.2, 0.25) is 0 Å². The molecular formula is C19H31N. The van der Waals surface area contributed by atoms with Gasteiger partial charge in [0.1, 0.15) is 0 Å². The Morgan fingerprint density at radius 2 is 1.90 bits per heavy atom. The summed E-state index contributed by atoms with van der Waals surface area (Å²) in [6, 6.07) is 9.46. The van der Waals surface area contributed by atoms with E-state index in [4.69, 9.17) is 0 Å². The Morgan fingerprint density at radius 1 is 1.15 bits per heavy atom. The van der Waals surface area contributed by atoms with Gasteiger partial charge in [-0.3, -0.25) is 0 Å². The number of benzene rings is 1. The minimum Gasteiger partial charge on any atom is -0.316 e. The van der Waals surface area contributed by atoms with Crippen LogP contribution >= 0.6 is 0 Å². The molecule has 1 nitrogen and oxygen atoms in total. The molecule has 1 N–H and O–H groups in total. The zero-order valence-electron chi connectivity index (χ0n) is 13.5. The van der Waals surface area contributed by atoms with Gasteiger partial charge in [0.15, 0.2) is 0 Å². The summed E-state index contributed by atoms with van der Waals surface area (Å²) >= 11 is 0. The number of rotatable bonds is 7. The van der Waals surface area contributed by atoms with Crippen molar-refractivity contribution in [3.8, 4) is 0 Å². The van der Waals surface area contributed by atoms with Gasteiger partial charge >= 0.3 is 0 Å². The molecule has 0 amide bonds. The zero-order chi connectivity index (χ0) is 14.4. The Bertz CT molecular complexity index is 379. The first-order valence-electron chi connectivity index (χ1n) is 8.50. The van der Waals surface area contributed by atoms with E-state index in [2.05, 4.69) is 50.4 Å². The molecule has 1 fully saturated rings. The van der Waals surface area contributed by atoms with Crippen molar-refractivity contribution < 1.29 is 0 Å². The quantitative estimate of drug-likeness (QED) is 0.754. The molecule has 1 heteroatoms. The lowest BCUT2D eigenvalue weighted by Gasteiger charge is -2.21. The lowest BCUT2D eigenvalue weighted by molar-refractivity contribution is 0.425. The first-order chi connectivity index (χ1) is 9.70. The van der Waals surface area contributed by atoms with Crippen LogP contribution in [0, 0.1) is 11.8 Å². The third-order valence-electron chi connectivity index (χ3n) is 4.56. The fourth-order valence-electron chi connectivity index (χ4n) is 3.50. The third-order valence-corrected chi connectivity index (χ3v) is 4.56. The van der Waals surface area contributed by atoms with Crippen LogP contribution in [0.15, 0.2) is 24.3 Å². The van der Waals surface area contributed by atoms with E-state index < -0.39 is 0 Å². The maximum atomic E-state index is 3.66. The lowest BCUT2D eigenvalue weighted by atomic mass is 9.88. The van der Waals surface area contributed by atoms with Crippen LogP contribution in [0.1, 0.15) is 63.5 Å². The molecule has 0 radical (unpaired) electrons. The molecule has 2 atom stereocenters. The monoisotopic (exact) mass is 273 g/mol. The van der Waals surface area contributed by atoms with E-state index in [9.17, 15) is 0 Å². The average molecular weight is 273 g/mol. The first-order valence-corrected chi connectivity index (χ1v) is 8.50. The van der Waals surface area contributed by atoms with E-state index in [1.807, 2.05) is 0 Å². The second-order valence-corrected chi connectivity index (χ2v) is 6.84. The Labute approximate surface area is 125 Å². The fourth-order valence-corrected chi connectivity index (χ4v) is 3.50. The number of hydrogen-bond donors (Lipinski definition) is 1. The molecule has 1 aliphatic carbocycles. The summed E-state index contributed by atoms with van der Waals surface area (Å²) in [5.74, 6) is 2.37. The Balaban J connectivity index is 1.92. The normalized spacial score (nSPS) is 22.6. The fraction of sp³-hybridized carbons (Fsp3) is 0.684. The van der Waals surface area contributed by atoms with Gasteiger partial charge in [-0.15, -0.1) is 0 Å². The smallest absolute Gasteiger partial charge is 0.00146 e. The summed E-state index contributed by atoms with van der Waals surface area (Å²) in [5, 5.41) is 3.66. The van der Waals surface area contributed by atoms with Gasteiger partial charge in [-0.2, -0.15) is 0 Å². The maximum absolute atomic E-state index is 3.66. The van der Waals surface area contributed by atoms with Gasteiger partial charge in [0.25, 0.3) is 0 Å². The number of hydrogen-bond acceptors (Lipinski definition) is 1. The minimum atomic E-state index is 0.753. The summed E-state index contributed by atoms with van der Waals surface area (Å²) in [7, 11) is 0. The van der Waals surface area contributed by atoms with E-state index in [0.717, 1.165) is 24.3 Å². The van der Waals surface area contributed by atoms with Crippen molar-refractivity contribution in [3.63, 3.8) is 0 Å². The molecule has 0 saturated heterocycles. The van der Waals surface area contributed by atoms with Crippen LogP contribution in [-0.4, -0.2) is 13.1 Å². The molecule has 0 aromatic heterocycles. The molecule has 0 bridgehead atoms. The SMILES string of the molecule is CCCc1ccc(C2CCCC2CNCC(C)C)cc1. The summed E-state index contributed by atoms with van der Waals surface area (Å²) in [4.78, 5) is 0. The van der Waals surface area contributed by atoms with Crippen LogP contribution in [0.25, 0.3) is 0 Å².